The van der Waals surface area contributed by atoms with Gasteiger partial charge in [0.15, 0.2) is 12.0 Å². The Morgan fingerprint density at radius 3 is 2.31 bits per heavy atom. The molecule has 0 aliphatic heterocycles. The summed E-state index contributed by atoms with van der Waals surface area (Å²) in [6.07, 6.45) is 3.21. The second-order valence-corrected chi connectivity index (χ2v) is 2.83. The molecule has 0 spiro atoms. The van der Waals surface area contributed by atoms with Gasteiger partial charge in [-0.1, -0.05) is 0 Å². The van der Waals surface area contributed by atoms with Gasteiger partial charge in [0.1, 0.15) is 0 Å². The molecule has 6 nitrogen and oxygen atoms in total. The minimum atomic E-state index is -1.21. The van der Waals surface area contributed by atoms with Gasteiger partial charge in [-0.05, 0) is 12.1 Å². The molecule has 0 saturated carbocycles. The average molecular weight is 219 g/mol. The second kappa shape index (κ2) is 3.93. The fraction of sp³-hybridized carbons (Fsp3) is 0. The molecule has 0 aliphatic rings. The number of aromatic nitrogens is 1. The van der Waals surface area contributed by atoms with Gasteiger partial charge in [-0.2, -0.15) is 0 Å². The Morgan fingerprint density at radius 1 is 1.06 bits per heavy atom. The summed E-state index contributed by atoms with van der Waals surface area (Å²) in [5.41, 5.74) is -1.93. The number of nitrogens with zero attached hydrogens (tertiary/aromatic N) is 1. The lowest BCUT2D eigenvalue weighted by molar-refractivity contribution is 0.109. The Labute approximate surface area is 88.2 Å². The first-order chi connectivity index (χ1) is 7.72. The summed E-state index contributed by atoms with van der Waals surface area (Å²) in [7, 11) is 0. The molecule has 0 unspecified atom stereocenters. The Morgan fingerprint density at radius 2 is 1.69 bits per heavy atom. The Hall–Kier alpha value is -2.50. The first-order valence-electron chi connectivity index (χ1n) is 4.26. The van der Waals surface area contributed by atoms with Crippen LogP contribution in [0.2, 0.25) is 0 Å². The van der Waals surface area contributed by atoms with Crippen LogP contribution in [0.3, 0.4) is 0 Å². The van der Waals surface area contributed by atoms with Crippen LogP contribution in [0.25, 0.3) is 11.3 Å². The summed E-state index contributed by atoms with van der Waals surface area (Å²) in [5.74, 6) is -0.405. The van der Waals surface area contributed by atoms with Crippen LogP contribution in [0, 0.1) is 0 Å². The number of hydrogen-bond donors (Lipinski definition) is 0. The highest BCUT2D eigenvalue weighted by atomic mass is 16.5. The molecule has 0 aromatic carbocycles. The van der Waals surface area contributed by atoms with Gasteiger partial charge in [0.2, 0.25) is 5.76 Å². The van der Waals surface area contributed by atoms with Gasteiger partial charge >= 0.3 is 11.3 Å². The molecule has 2 aromatic heterocycles. The third kappa shape index (κ3) is 1.68. The first-order valence-corrected chi connectivity index (χ1v) is 4.26. The van der Waals surface area contributed by atoms with Crippen LogP contribution in [0.5, 0.6) is 0 Å². The molecule has 2 heterocycles. The van der Waals surface area contributed by atoms with Crippen molar-refractivity contribution in [2.75, 3.05) is 0 Å². The summed E-state index contributed by atoms with van der Waals surface area (Å²) in [6.45, 7) is 0. The number of pyridine rings is 1. The lowest BCUT2D eigenvalue weighted by Gasteiger charge is -1.99. The van der Waals surface area contributed by atoms with Crippen molar-refractivity contribution in [1.29, 1.82) is 0 Å². The van der Waals surface area contributed by atoms with E-state index in [1.54, 1.807) is 0 Å². The highest BCUT2D eigenvalue weighted by Crippen LogP contribution is 2.18. The van der Waals surface area contributed by atoms with E-state index in [0.29, 0.717) is 11.8 Å². The number of aldehydes is 1. The zero-order chi connectivity index (χ0) is 11.5. The molecule has 0 N–H and O–H groups in total. The zero-order valence-corrected chi connectivity index (χ0v) is 7.88. The van der Waals surface area contributed by atoms with Crippen LogP contribution < -0.4 is 11.3 Å². The largest absolute Gasteiger partial charge is 0.423 e. The quantitative estimate of drug-likeness (QED) is 0.538. The molecular weight excluding hydrogens is 214 g/mol. The number of carbonyl (C=O) groups is 1. The molecule has 16 heavy (non-hydrogen) atoms. The van der Waals surface area contributed by atoms with E-state index < -0.39 is 11.3 Å². The lowest BCUT2D eigenvalue weighted by Crippen LogP contribution is -2.22. The van der Waals surface area contributed by atoms with Crippen molar-refractivity contribution in [3.63, 3.8) is 0 Å². The summed E-state index contributed by atoms with van der Waals surface area (Å²) in [5, 5.41) is 0. The van der Waals surface area contributed by atoms with E-state index in [-0.39, 0.29) is 11.5 Å². The molecule has 0 aliphatic carbocycles. The molecular formula is C10H5NO5. The van der Waals surface area contributed by atoms with Gasteiger partial charge in [0.25, 0.3) is 0 Å². The van der Waals surface area contributed by atoms with E-state index in [2.05, 4.69) is 9.40 Å². The molecule has 0 bridgehead atoms. The van der Waals surface area contributed by atoms with Crippen LogP contribution >= 0.6 is 0 Å². The predicted octanol–water partition coefficient (Wildman–Crippen LogP) is 0.468. The summed E-state index contributed by atoms with van der Waals surface area (Å²) >= 11 is 0. The minimum absolute atomic E-state index is 0.0815. The fourth-order valence-electron chi connectivity index (χ4n) is 1.15. The minimum Gasteiger partial charge on any atom is -0.413 e. The molecule has 6 heteroatoms. The van der Waals surface area contributed by atoms with Crippen LogP contribution in [0.15, 0.2) is 42.9 Å². The van der Waals surface area contributed by atoms with Crippen molar-refractivity contribution in [3.05, 3.63) is 51.1 Å². The summed E-state index contributed by atoms with van der Waals surface area (Å²) in [4.78, 5) is 36.2. The maximum atomic E-state index is 11.0. The summed E-state index contributed by atoms with van der Waals surface area (Å²) < 4.78 is 9.19. The Kier molecular flexibility index (Phi) is 2.47. The highest BCUT2D eigenvalue weighted by Gasteiger charge is 2.13. The number of carbonyl (C=O) groups excluding carboxylic acids is 1. The third-order valence-electron chi connectivity index (χ3n) is 1.84. The van der Waals surface area contributed by atoms with Crippen LogP contribution in [0.4, 0.5) is 0 Å². The van der Waals surface area contributed by atoms with Gasteiger partial charge in [-0.3, -0.25) is 9.78 Å². The SMILES string of the molecule is O=Cc1oc(=O)c(=O)oc1-c1ccncc1. The smallest absolute Gasteiger partial charge is 0.413 e. The molecule has 0 fully saturated rings. The van der Waals surface area contributed by atoms with E-state index in [1.807, 2.05) is 0 Å². The van der Waals surface area contributed by atoms with Gasteiger partial charge in [-0.15, -0.1) is 0 Å². The van der Waals surface area contributed by atoms with Crippen molar-refractivity contribution in [2.45, 2.75) is 0 Å². The molecule has 0 atom stereocenters. The lowest BCUT2D eigenvalue weighted by atomic mass is 10.2. The number of rotatable bonds is 2. The third-order valence-corrected chi connectivity index (χ3v) is 1.84. The predicted molar refractivity (Wildman–Crippen MR) is 52.1 cm³/mol. The van der Waals surface area contributed by atoms with E-state index in [4.69, 9.17) is 4.42 Å². The Bertz CT molecular complexity index is 626. The highest BCUT2D eigenvalue weighted by molar-refractivity contribution is 5.80. The standard InChI is InChI=1S/C10H5NO5/c12-5-7-8(6-1-3-11-4-2-6)16-10(14)9(13)15-7/h1-5H. The van der Waals surface area contributed by atoms with Crippen molar-refractivity contribution in [1.82, 2.24) is 4.98 Å². The van der Waals surface area contributed by atoms with Crippen molar-refractivity contribution in [2.24, 2.45) is 0 Å². The van der Waals surface area contributed by atoms with Crippen LogP contribution in [-0.4, -0.2) is 11.3 Å². The topological polar surface area (TPSA) is 90.4 Å². The second-order valence-electron chi connectivity index (χ2n) is 2.83. The molecule has 0 saturated heterocycles. The molecule has 2 aromatic rings. The van der Waals surface area contributed by atoms with Crippen molar-refractivity contribution >= 4 is 6.29 Å². The van der Waals surface area contributed by atoms with Crippen LogP contribution in [-0.2, 0) is 0 Å². The molecule has 2 rings (SSSR count). The van der Waals surface area contributed by atoms with Gasteiger partial charge < -0.3 is 8.83 Å². The summed E-state index contributed by atoms with van der Waals surface area (Å²) in [6, 6.07) is 3.04. The number of hydrogen-bond acceptors (Lipinski definition) is 6. The zero-order valence-electron chi connectivity index (χ0n) is 7.88. The van der Waals surface area contributed by atoms with Gasteiger partial charge in [0, 0.05) is 18.0 Å². The van der Waals surface area contributed by atoms with Crippen LogP contribution in [0.1, 0.15) is 10.6 Å². The maximum Gasteiger partial charge on any atom is 0.423 e. The monoisotopic (exact) mass is 219 g/mol. The van der Waals surface area contributed by atoms with E-state index in [0.717, 1.165) is 0 Å². The van der Waals surface area contributed by atoms with Gasteiger partial charge in [0.05, 0.1) is 0 Å². The first kappa shape index (κ1) is 10.0. The maximum absolute atomic E-state index is 11.0. The van der Waals surface area contributed by atoms with Crippen molar-refractivity contribution < 1.29 is 13.6 Å². The van der Waals surface area contributed by atoms with E-state index in [1.165, 1.54) is 24.5 Å². The Balaban J connectivity index is 2.74. The van der Waals surface area contributed by atoms with E-state index >= 15 is 0 Å². The van der Waals surface area contributed by atoms with E-state index in [9.17, 15) is 14.4 Å². The molecule has 80 valence electrons. The normalized spacial score (nSPS) is 10.0. The molecule has 0 amide bonds. The molecule has 0 radical (unpaired) electrons. The van der Waals surface area contributed by atoms with Crippen molar-refractivity contribution in [3.8, 4) is 11.3 Å². The van der Waals surface area contributed by atoms with Gasteiger partial charge in [-0.25, -0.2) is 9.59 Å². The average Bonchev–Trinajstić information content (AvgIpc) is 2.33. The fourth-order valence-corrected chi connectivity index (χ4v) is 1.15.